The van der Waals surface area contributed by atoms with Crippen LogP contribution in [0.4, 0.5) is 8.78 Å². The average molecular weight is 335 g/mol. The van der Waals surface area contributed by atoms with Gasteiger partial charge < -0.3 is 11.1 Å². The van der Waals surface area contributed by atoms with Crippen LogP contribution in [0.3, 0.4) is 0 Å². The highest BCUT2D eigenvalue weighted by atomic mass is 35.5. The van der Waals surface area contributed by atoms with E-state index < -0.39 is 17.7 Å². The van der Waals surface area contributed by atoms with Crippen molar-refractivity contribution >= 4 is 18.3 Å². The van der Waals surface area contributed by atoms with Gasteiger partial charge in [-0.1, -0.05) is 19.8 Å². The largest absolute Gasteiger partial charge is 0.349 e. The first-order valence-electron chi connectivity index (χ1n) is 7.52. The molecule has 1 amide bonds. The van der Waals surface area contributed by atoms with Crippen LogP contribution < -0.4 is 11.1 Å². The van der Waals surface area contributed by atoms with Crippen LogP contribution in [0.15, 0.2) is 18.2 Å². The second kappa shape index (κ2) is 11.4. The Kier molecular flexibility index (Phi) is 10.8. The molecular formula is C16H25ClF2N2O. The highest BCUT2D eigenvalue weighted by Crippen LogP contribution is 2.21. The minimum atomic E-state index is -0.499. The number of unbranched alkanes of at least 4 members (excludes halogenated alkanes) is 3. The Morgan fingerprint density at radius 2 is 1.91 bits per heavy atom. The van der Waals surface area contributed by atoms with E-state index >= 15 is 0 Å². The van der Waals surface area contributed by atoms with E-state index in [-0.39, 0.29) is 23.9 Å². The number of benzene rings is 1. The first-order chi connectivity index (χ1) is 10.1. The molecule has 6 heteroatoms. The maximum atomic E-state index is 13.7. The van der Waals surface area contributed by atoms with Crippen molar-refractivity contribution in [2.75, 3.05) is 6.54 Å². The topological polar surface area (TPSA) is 55.1 Å². The molecule has 0 aromatic heterocycles. The summed E-state index contributed by atoms with van der Waals surface area (Å²) in [5.41, 5.74) is 5.60. The number of nitrogens with one attached hydrogen (secondary N) is 1. The van der Waals surface area contributed by atoms with Crippen LogP contribution in [0, 0.1) is 11.6 Å². The molecule has 1 aromatic carbocycles. The van der Waals surface area contributed by atoms with Crippen LogP contribution in [0.1, 0.15) is 57.1 Å². The monoisotopic (exact) mass is 334 g/mol. The number of halogens is 3. The fourth-order valence-corrected chi connectivity index (χ4v) is 2.23. The Balaban J connectivity index is 0.00000441. The molecule has 1 aromatic rings. The lowest BCUT2D eigenvalue weighted by Crippen LogP contribution is -2.28. The van der Waals surface area contributed by atoms with E-state index in [0.29, 0.717) is 19.4 Å². The van der Waals surface area contributed by atoms with Crippen molar-refractivity contribution < 1.29 is 13.6 Å². The lowest BCUT2D eigenvalue weighted by molar-refractivity contribution is -0.122. The third-order valence-corrected chi connectivity index (χ3v) is 3.43. The number of carbonyl (C=O) groups excluding carboxylic acids is 1. The molecular weight excluding hydrogens is 310 g/mol. The molecule has 22 heavy (non-hydrogen) atoms. The van der Waals surface area contributed by atoms with Crippen LogP contribution in [0.2, 0.25) is 0 Å². The van der Waals surface area contributed by atoms with Crippen molar-refractivity contribution in [3.8, 4) is 0 Å². The van der Waals surface area contributed by atoms with Gasteiger partial charge in [0, 0.05) is 12.0 Å². The van der Waals surface area contributed by atoms with Gasteiger partial charge in [0.15, 0.2) is 0 Å². The van der Waals surface area contributed by atoms with Gasteiger partial charge in [0.25, 0.3) is 0 Å². The van der Waals surface area contributed by atoms with Crippen molar-refractivity contribution in [3.63, 3.8) is 0 Å². The number of nitrogens with two attached hydrogens (primary N) is 1. The predicted octanol–water partition coefficient (Wildman–Crippen LogP) is 3.86. The van der Waals surface area contributed by atoms with E-state index in [1.54, 1.807) is 0 Å². The molecule has 126 valence electrons. The summed E-state index contributed by atoms with van der Waals surface area (Å²) in [4.78, 5) is 11.9. The third-order valence-electron chi connectivity index (χ3n) is 3.43. The Bertz CT molecular complexity index is 458. The molecule has 0 fully saturated rings. The van der Waals surface area contributed by atoms with E-state index in [0.717, 1.165) is 43.9 Å². The normalized spacial score (nSPS) is 11.6. The van der Waals surface area contributed by atoms with Crippen LogP contribution in [-0.4, -0.2) is 12.5 Å². The molecule has 3 N–H and O–H groups in total. The molecule has 0 aliphatic rings. The van der Waals surface area contributed by atoms with E-state index in [9.17, 15) is 13.6 Å². The number of hydrogen-bond donors (Lipinski definition) is 2. The highest BCUT2D eigenvalue weighted by molar-refractivity contribution is 5.85. The lowest BCUT2D eigenvalue weighted by Gasteiger charge is -2.18. The summed E-state index contributed by atoms with van der Waals surface area (Å²) in [5.74, 6) is -1.12. The summed E-state index contributed by atoms with van der Waals surface area (Å²) in [6.45, 7) is 2.50. The van der Waals surface area contributed by atoms with Crippen molar-refractivity contribution in [3.05, 3.63) is 35.4 Å². The van der Waals surface area contributed by atoms with Gasteiger partial charge in [-0.2, -0.15) is 0 Å². The standard InChI is InChI=1S/C16H24F2N2O.ClH/c1-2-15(13-11-12(17)8-9-14(13)18)20-16(21)7-5-3-4-6-10-19;/h8-9,11,15H,2-7,10,19H2,1H3,(H,20,21);1H. The molecule has 0 radical (unpaired) electrons. The smallest absolute Gasteiger partial charge is 0.220 e. The molecule has 0 aliphatic heterocycles. The maximum Gasteiger partial charge on any atom is 0.220 e. The van der Waals surface area contributed by atoms with Crippen molar-refractivity contribution in [1.82, 2.24) is 5.32 Å². The van der Waals surface area contributed by atoms with Gasteiger partial charge >= 0.3 is 0 Å². The summed E-state index contributed by atoms with van der Waals surface area (Å²) in [7, 11) is 0. The zero-order chi connectivity index (χ0) is 15.7. The fourth-order valence-electron chi connectivity index (χ4n) is 2.23. The number of carbonyl (C=O) groups is 1. The summed E-state index contributed by atoms with van der Waals surface area (Å²) < 4.78 is 26.9. The van der Waals surface area contributed by atoms with Crippen LogP contribution in [0.5, 0.6) is 0 Å². The van der Waals surface area contributed by atoms with E-state index in [4.69, 9.17) is 5.73 Å². The van der Waals surface area contributed by atoms with E-state index in [2.05, 4.69) is 5.32 Å². The Hall–Kier alpha value is -1.20. The summed E-state index contributed by atoms with van der Waals surface area (Å²) in [5, 5.41) is 2.77. The van der Waals surface area contributed by atoms with Gasteiger partial charge in [0.2, 0.25) is 5.91 Å². The van der Waals surface area contributed by atoms with Gasteiger partial charge in [-0.3, -0.25) is 4.79 Å². The molecule has 1 unspecified atom stereocenters. The van der Waals surface area contributed by atoms with Gasteiger partial charge in [-0.25, -0.2) is 8.78 Å². The van der Waals surface area contributed by atoms with E-state index in [1.807, 2.05) is 6.92 Å². The van der Waals surface area contributed by atoms with Crippen LogP contribution in [0.25, 0.3) is 0 Å². The molecule has 0 saturated heterocycles. The molecule has 0 saturated carbocycles. The van der Waals surface area contributed by atoms with E-state index in [1.165, 1.54) is 0 Å². The minimum absolute atomic E-state index is 0. The summed E-state index contributed by atoms with van der Waals surface area (Å²) >= 11 is 0. The van der Waals surface area contributed by atoms with Crippen molar-refractivity contribution in [2.24, 2.45) is 5.73 Å². The minimum Gasteiger partial charge on any atom is -0.349 e. The highest BCUT2D eigenvalue weighted by Gasteiger charge is 2.17. The van der Waals surface area contributed by atoms with Gasteiger partial charge in [-0.15, -0.1) is 12.4 Å². The fraction of sp³-hybridized carbons (Fsp3) is 0.562. The first-order valence-corrected chi connectivity index (χ1v) is 7.52. The van der Waals surface area contributed by atoms with Crippen molar-refractivity contribution in [1.29, 1.82) is 0 Å². The van der Waals surface area contributed by atoms with Crippen molar-refractivity contribution in [2.45, 2.75) is 51.5 Å². The molecule has 0 aliphatic carbocycles. The lowest BCUT2D eigenvalue weighted by atomic mass is 10.0. The SMILES string of the molecule is CCC(NC(=O)CCCCCCN)c1cc(F)ccc1F.Cl. The average Bonchev–Trinajstić information content (AvgIpc) is 2.47. The summed E-state index contributed by atoms with van der Waals surface area (Å²) in [6, 6.07) is 2.82. The number of amides is 1. The quantitative estimate of drug-likeness (QED) is 0.674. The molecule has 3 nitrogen and oxygen atoms in total. The van der Waals surface area contributed by atoms with Gasteiger partial charge in [0.05, 0.1) is 6.04 Å². The predicted molar refractivity (Wildman–Crippen MR) is 86.9 cm³/mol. The van der Waals surface area contributed by atoms with Crippen LogP contribution >= 0.6 is 12.4 Å². The Labute approximate surface area is 137 Å². The second-order valence-corrected chi connectivity index (χ2v) is 5.15. The third kappa shape index (κ3) is 7.18. The molecule has 0 bridgehead atoms. The molecule has 0 heterocycles. The van der Waals surface area contributed by atoms with Gasteiger partial charge in [-0.05, 0) is 44.0 Å². The number of hydrogen-bond acceptors (Lipinski definition) is 2. The summed E-state index contributed by atoms with van der Waals surface area (Å²) in [6.07, 6.45) is 4.63. The van der Waals surface area contributed by atoms with Crippen LogP contribution in [-0.2, 0) is 4.79 Å². The molecule has 0 spiro atoms. The zero-order valence-electron chi connectivity index (χ0n) is 12.9. The maximum absolute atomic E-state index is 13.7. The Morgan fingerprint density at radius 1 is 1.23 bits per heavy atom. The van der Waals surface area contributed by atoms with Gasteiger partial charge in [0.1, 0.15) is 11.6 Å². The molecule has 1 rings (SSSR count). The first kappa shape index (κ1) is 20.8. The zero-order valence-corrected chi connectivity index (χ0v) is 13.7. The molecule has 1 atom stereocenters. The second-order valence-electron chi connectivity index (χ2n) is 5.15. The Morgan fingerprint density at radius 3 is 2.55 bits per heavy atom. The number of rotatable bonds is 9.